The van der Waals surface area contributed by atoms with Crippen molar-refractivity contribution in [3.05, 3.63) is 54.2 Å². The van der Waals surface area contributed by atoms with Crippen molar-refractivity contribution in [3.8, 4) is 16.9 Å². The Labute approximate surface area is 111 Å². The average Bonchev–Trinajstić information content (AvgIpc) is 3.21. The standard InChI is InChI=1S/C17H15NO/c19-13-9-7-11(8-10-13)16-14-3-1-2-4-15(14)18-17(16)12-5-6-12/h1-4,7-10,12,18-19H,5-6H2. The molecule has 0 atom stereocenters. The van der Waals surface area contributed by atoms with Gasteiger partial charge in [-0.3, -0.25) is 0 Å². The van der Waals surface area contributed by atoms with Crippen LogP contribution < -0.4 is 0 Å². The number of fused-ring (bicyclic) bond motifs is 1. The van der Waals surface area contributed by atoms with Crippen molar-refractivity contribution in [3.63, 3.8) is 0 Å². The summed E-state index contributed by atoms with van der Waals surface area (Å²) >= 11 is 0. The summed E-state index contributed by atoms with van der Waals surface area (Å²) in [5.41, 5.74) is 5.04. The first-order chi connectivity index (χ1) is 9.33. The van der Waals surface area contributed by atoms with Crippen molar-refractivity contribution < 1.29 is 5.11 Å². The third-order valence-corrected chi connectivity index (χ3v) is 3.88. The number of rotatable bonds is 2. The highest BCUT2D eigenvalue weighted by Crippen LogP contribution is 2.46. The minimum Gasteiger partial charge on any atom is -0.508 e. The Bertz CT molecular complexity index is 736. The molecule has 1 aliphatic carbocycles. The van der Waals surface area contributed by atoms with E-state index in [1.54, 1.807) is 12.1 Å². The van der Waals surface area contributed by atoms with E-state index in [1.165, 1.54) is 40.6 Å². The Hall–Kier alpha value is -2.22. The molecular weight excluding hydrogens is 234 g/mol. The highest BCUT2D eigenvalue weighted by atomic mass is 16.3. The minimum absolute atomic E-state index is 0.316. The molecule has 2 N–H and O–H groups in total. The van der Waals surface area contributed by atoms with Gasteiger partial charge in [-0.25, -0.2) is 0 Å². The van der Waals surface area contributed by atoms with Gasteiger partial charge in [-0.15, -0.1) is 0 Å². The molecule has 0 saturated heterocycles. The topological polar surface area (TPSA) is 36.0 Å². The van der Waals surface area contributed by atoms with Crippen molar-refractivity contribution in [2.24, 2.45) is 0 Å². The van der Waals surface area contributed by atoms with Crippen LogP contribution in [0.15, 0.2) is 48.5 Å². The van der Waals surface area contributed by atoms with E-state index in [-0.39, 0.29) is 0 Å². The normalized spacial score (nSPS) is 14.9. The fourth-order valence-electron chi connectivity index (χ4n) is 2.78. The fraction of sp³-hybridized carbons (Fsp3) is 0.176. The summed E-state index contributed by atoms with van der Waals surface area (Å²) in [6.07, 6.45) is 2.55. The van der Waals surface area contributed by atoms with E-state index in [0.29, 0.717) is 11.7 Å². The molecule has 19 heavy (non-hydrogen) atoms. The van der Waals surface area contributed by atoms with Crippen LogP contribution in [0.4, 0.5) is 0 Å². The quantitative estimate of drug-likeness (QED) is 0.693. The molecule has 0 amide bonds. The monoisotopic (exact) mass is 249 g/mol. The van der Waals surface area contributed by atoms with Gasteiger partial charge < -0.3 is 10.1 Å². The molecule has 1 fully saturated rings. The van der Waals surface area contributed by atoms with Crippen molar-refractivity contribution in [2.45, 2.75) is 18.8 Å². The van der Waals surface area contributed by atoms with Crippen LogP contribution in [0.25, 0.3) is 22.0 Å². The number of aromatic amines is 1. The van der Waals surface area contributed by atoms with Gasteiger partial charge in [0.2, 0.25) is 0 Å². The number of phenolic OH excluding ortho intramolecular Hbond substituents is 1. The van der Waals surface area contributed by atoms with E-state index in [0.717, 1.165) is 0 Å². The molecule has 2 aromatic carbocycles. The lowest BCUT2D eigenvalue weighted by Gasteiger charge is -2.04. The van der Waals surface area contributed by atoms with Gasteiger partial charge in [0.05, 0.1) is 0 Å². The van der Waals surface area contributed by atoms with Crippen molar-refractivity contribution >= 4 is 10.9 Å². The van der Waals surface area contributed by atoms with E-state index in [2.05, 4.69) is 29.2 Å². The number of nitrogens with one attached hydrogen (secondary N) is 1. The summed E-state index contributed by atoms with van der Waals surface area (Å²) in [5, 5.41) is 10.7. The van der Waals surface area contributed by atoms with E-state index in [1.807, 2.05) is 12.1 Å². The van der Waals surface area contributed by atoms with Gasteiger partial charge in [-0.2, -0.15) is 0 Å². The second-order valence-corrected chi connectivity index (χ2v) is 5.28. The lowest BCUT2D eigenvalue weighted by atomic mass is 10.00. The molecule has 1 heterocycles. The van der Waals surface area contributed by atoms with E-state index in [9.17, 15) is 5.11 Å². The van der Waals surface area contributed by atoms with Gasteiger partial charge in [0.25, 0.3) is 0 Å². The molecule has 2 heteroatoms. The van der Waals surface area contributed by atoms with Crippen molar-refractivity contribution in [2.75, 3.05) is 0 Å². The third kappa shape index (κ3) is 1.72. The van der Waals surface area contributed by atoms with Gasteiger partial charge in [0.1, 0.15) is 5.75 Å². The number of H-pyrrole nitrogens is 1. The van der Waals surface area contributed by atoms with Gasteiger partial charge in [-0.05, 0) is 42.5 Å². The molecule has 0 aliphatic heterocycles. The lowest BCUT2D eigenvalue weighted by molar-refractivity contribution is 0.475. The molecule has 0 bridgehead atoms. The molecule has 94 valence electrons. The summed E-state index contributed by atoms with van der Waals surface area (Å²) in [6.45, 7) is 0. The first-order valence-corrected chi connectivity index (χ1v) is 6.73. The van der Waals surface area contributed by atoms with Gasteiger partial charge in [0.15, 0.2) is 0 Å². The van der Waals surface area contributed by atoms with Crippen LogP contribution >= 0.6 is 0 Å². The molecule has 1 aromatic heterocycles. The molecule has 0 spiro atoms. The molecule has 4 rings (SSSR count). The zero-order valence-corrected chi connectivity index (χ0v) is 10.6. The third-order valence-electron chi connectivity index (χ3n) is 3.88. The SMILES string of the molecule is Oc1ccc(-c2c(C3CC3)[nH]c3ccccc23)cc1. The molecule has 0 unspecified atom stereocenters. The zero-order chi connectivity index (χ0) is 12.8. The first-order valence-electron chi connectivity index (χ1n) is 6.73. The summed E-state index contributed by atoms with van der Waals surface area (Å²) in [5.74, 6) is 0.993. The first kappa shape index (κ1) is 10.7. The second-order valence-electron chi connectivity index (χ2n) is 5.28. The molecule has 2 nitrogen and oxygen atoms in total. The van der Waals surface area contributed by atoms with Gasteiger partial charge >= 0.3 is 0 Å². The average molecular weight is 249 g/mol. The van der Waals surface area contributed by atoms with E-state index < -0.39 is 0 Å². The number of hydrogen-bond acceptors (Lipinski definition) is 1. The van der Waals surface area contributed by atoms with Crippen LogP contribution in [0.1, 0.15) is 24.5 Å². The summed E-state index contributed by atoms with van der Waals surface area (Å²) in [6, 6.07) is 16.0. The number of phenols is 1. The van der Waals surface area contributed by atoms with Gasteiger partial charge in [0, 0.05) is 22.2 Å². The molecule has 1 aliphatic rings. The Morgan fingerprint density at radius 1 is 0.947 bits per heavy atom. The zero-order valence-electron chi connectivity index (χ0n) is 10.6. The highest BCUT2D eigenvalue weighted by molar-refractivity contribution is 5.98. The number of hydrogen-bond donors (Lipinski definition) is 2. The van der Waals surface area contributed by atoms with Crippen LogP contribution in [-0.2, 0) is 0 Å². The Morgan fingerprint density at radius 3 is 2.42 bits per heavy atom. The van der Waals surface area contributed by atoms with Crippen LogP contribution in [0.5, 0.6) is 5.75 Å². The molecule has 0 radical (unpaired) electrons. The van der Waals surface area contributed by atoms with Crippen LogP contribution in [0, 0.1) is 0 Å². The summed E-state index contributed by atoms with van der Waals surface area (Å²) in [7, 11) is 0. The molecular formula is C17H15NO. The summed E-state index contributed by atoms with van der Waals surface area (Å²) in [4.78, 5) is 3.58. The lowest BCUT2D eigenvalue weighted by Crippen LogP contribution is -1.84. The smallest absolute Gasteiger partial charge is 0.115 e. The maximum absolute atomic E-state index is 9.45. The summed E-state index contributed by atoms with van der Waals surface area (Å²) < 4.78 is 0. The predicted octanol–water partition coefficient (Wildman–Crippen LogP) is 4.42. The fourth-order valence-corrected chi connectivity index (χ4v) is 2.78. The number of benzene rings is 2. The van der Waals surface area contributed by atoms with Crippen LogP contribution in [0.3, 0.4) is 0 Å². The number of para-hydroxylation sites is 1. The van der Waals surface area contributed by atoms with E-state index in [4.69, 9.17) is 0 Å². The maximum atomic E-state index is 9.45. The minimum atomic E-state index is 0.316. The molecule has 1 saturated carbocycles. The predicted molar refractivity (Wildman–Crippen MR) is 77.4 cm³/mol. The van der Waals surface area contributed by atoms with Crippen LogP contribution in [-0.4, -0.2) is 10.1 Å². The van der Waals surface area contributed by atoms with Crippen molar-refractivity contribution in [1.29, 1.82) is 0 Å². The number of aromatic nitrogens is 1. The molecule has 3 aromatic rings. The Balaban J connectivity index is 2.00. The Morgan fingerprint density at radius 2 is 1.68 bits per heavy atom. The van der Waals surface area contributed by atoms with E-state index >= 15 is 0 Å². The number of aromatic hydroxyl groups is 1. The Kier molecular flexibility index (Phi) is 2.18. The maximum Gasteiger partial charge on any atom is 0.115 e. The largest absolute Gasteiger partial charge is 0.508 e. The van der Waals surface area contributed by atoms with Crippen LogP contribution in [0.2, 0.25) is 0 Å². The van der Waals surface area contributed by atoms with Crippen molar-refractivity contribution in [1.82, 2.24) is 4.98 Å². The van der Waals surface area contributed by atoms with Gasteiger partial charge in [-0.1, -0.05) is 30.3 Å². The highest BCUT2D eigenvalue weighted by Gasteiger charge is 2.29. The second kappa shape index (κ2) is 3.89.